The lowest BCUT2D eigenvalue weighted by atomic mass is 9.96. The Labute approximate surface area is 175 Å². The molecule has 1 aromatic heterocycles. The second kappa shape index (κ2) is 7.96. The van der Waals surface area contributed by atoms with Crippen LogP contribution in [0.4, 0.5) is 10.1 Å². The summed E-state index contributed by atoms with van der Waals surface area (Å²) in [6.07, 6.45) is 4.41. The number of halogens is 1. The topological polar surface area (TPSA) is 79.8 Å². The van der Waals surface area contributed by atoms with E-state index in [-0.39, 0.29) is 17.8 Å². The first kappa shape index (κ1) is 20.7. The zero-order valence-corrected chi connectivity index (χ0v) is 17.8. The summed E-state index contributed by atoms with van der Waals surface area (Å²) in [5.74, 6) is 0.0743. The van der Waals surface area contributed by atoms with Gasteiger partial charge in [-0.1, -0.05) is 0 Å². The molecule has 2 aromatic rings. The molecule has 1 saturated heterocycles. The van der Waals surface area contributed by atoms with E-state index in [0.29, 0.717) is 54.9 Å². The number of fused-ring (bicyclic) bond motifs is 1. The van der Waals surface area contributed by atoms with Crippen molar-refractivity contribution in [2.24, 2.45) is 0 Å². The maximum atomic E-state index is 14.8. The largest absolute Gasteiger partial charge is 0.487 e. The highest BCUT2D eigenvalue weighted by Crippen LogP contribution is 2.34. The van der Waals surface area contributed by atoms with Crippen molar-refractivity contribution in [3.8, 4) is 16.9 Å². The molecule has 0 saturated carbocycles. The predicted molar refractivity (Wildman–Crippen MR) is 111 cm³/mol. The summed E-state index contributed by atoms with van der Waals surface area (Å²) in [5, 5.41) is 0. The lowest BCUT2D eigenvalue weighted by Crippen LogP contribution is -2.32. The third kappa shape index (κ3) is 3.91. The SMILES string of the molecule is CCS(=O)(=O)N1CC[C@@H](Oc2cncc(-c3cc4c(cc3F)N(C)C(=O)CC4)c2)C1. The average molecular weight is 434 g/mol. The van der Waals surface area contributed by atoms with Gasteiger partial charge in [-0.05, 0) is 43.5 Å². The van der Waals surface area contributed by atoms with Gasteiger partial charge in [0, 0.05) is 43.0 Å². The number of anilines is 1. The highest BCUT2D eigenvalue weighted by Gasteiger charge is 2.31. The van der Waals surface area contributed by atoms with E-state index in [1.807, 2.05) is 0 Å². The minimum absolute atomic E-state index is 0.0255. The Morgan fingerprint density at radius 2 is 2.03 bits per heavy atom. The molecule has 3 heterocycles. The van der Waals surface area contributed by atoms with Crippen LogP contribution in [0.1, 0.15) is 25.3 Å². The zero-order valence-electron chi connectivity index (χ0n) is 17.0. The number of hydrogen-bond donors (Lipinski definition) is 0. The number of ether oxygens (including phenoxy) is 1. The summed E-state index contributed by atoms with van der Waals surface area (Å²) in [7, 11) is -1.59. The number of aryl methyl sites for hydroxylation is 1. The van der Waals surface area contributed by atoms with E-state index >= 15 is 0 Å². The van der Waals surface area contributed by atoms with Gasteiger partial charge in [0.15, 0.2) is 0 Å². The van der Waals surface area contributed by atoms with Gasteiger partial charge in [-0.15, -0.1) is 0 Å². The lowest BCUT2D eigenvalue weighted by Gasteiger charge is -2.26. The Bertz CT molecular complexity index is 1090. The number of benzene rings is 1. The number of aromatic nitrogens is 1. The van der Waals surface area contributed by atoms with Crippen molar-refractivity contribution in [1.82, 2.24) is 9.29 Å². The Balaban J connectivity index is 1.55. The Hall–Kier alpha value is -2.52. The van der Waals surface area contributed by atoms with E-state index in [2.05, 4.69) is 4.98 Å². The van der Waals surface area contributed by atoms with Crippen LogP contribution in [0.25, 0.3) is 11.1 Å². The van der Waals surface area contributed by atoms with Crippen LogP contribution in [0.3, 0.4) is 0 Å². The van der Waals surface area contributed by atoms with E-state index in [1.54, 1.807) is 38.5 Å². The lowest BCUT2D eigenvalue weighted by molar-refractivity contribution is -0.118. The Morgan fingerprint density at radius 3 is 2.80 bits per heavy atom. The molecule has 9 heteroatoms. The number of pyridine rings is 1. The smallest absolute Gasteiger partial charge is 0.227 e. The summed E-state index contributed by atoms with van der Waals surface area (Å²) in [6.45, 7) is 2.35. The fourth-order valence-electron chi connectivity index (χ4n) is 3.94. The number of nitrogens with zero attached hydrogens (tertiary/aromatic N) is 3. The molecular weight excluding hydrogens is 409 g/mol. The molecule has 1 atom stereocenters. The van der Waals surface area contributed by atoms with Gasteiger partial charge in [0.25, 0.3) is 0 Å². The molecule has 1 amide bonds. The number of amides is 1. The molecule has 7 nitrogen and oxygen atoms in total. The molecule has 0 unspecified atom stereocenters. The summed E-state index contributed by atoms with van der Waals surface area (Å²) >= 11 is 0. The third-order valence-electron chi connectivity index (χ3n) is 5.70. The first-order valence-electron chi connectivity index (χ1n) is 9.97. The minimum Gasteiger partial charge on any atom is -0.487 e. The Morgan fingerprint density at radius 1 is 1.23 bits per heavy atom. The van der Waals surface area contributed by atoms with Gasteiger partial charge in [0.2, 0.25) is 15.9 Å². The number of carbonyl (C=O) groups excluding carboxylic acids is 1. The fraction of sp³-hybridized carbons (Fsp3) is 0.429. The molecule has 4 rings (SSSR count). The van der Waals surface area contributed by atoms with Crippen molar-refractivity contribution in [2.45, 2.75) is 32.3 Å². The summed E-state index contributed by atoms with van der Waals surface area (Å²) in [6, 6.07) is 4.87. The molecule has 0 spiro atoms. The van der Waals surface area contributed by atoms with Gasteiger partial charge in [0.05, 0.1) is 18.5 Å². The van der Waals surface area contributed by atoms with Crippen LogP contribution >= 0.6 is 0 Å². The van der Waals surface area contributed by atoms with Crippen molar-refractivity contribution in [3.63, 3.8) is 0 Å². The summed E-state index contributed by atoms with van der Waals surface area (Å²) < 4.78 is 46.3. The minimum atomic E-state index is -3.24. The molecule has 30 heavy (non-hydrogen) atoms. The molecular formula is C21H24FN3O4S. The third-order valence-corrected chi connectivity index (χ3v) is 7.55. The van der Waals surface area contributed by atoms with Crippen LogP contribution in [0.15, 0.2) is 30.6 Å². The van der Waals surface area contributed by atoms with Crippen molar-refractivity contribution >= 4 is 21.6 Å². The number of rotatable bonds is 5. The van der Waals surface area contributed by atoms with Gasteiger partial charge in [-0.2, -0.15) is 4.31 Å². The van der Waals surface area contributed by atoms with Crippen LogP contribution in [-0.4, -0.2) is 55.6 Å². The summed E-state index contributed by atoms with van der Waals surface area (Å²) in [4.78, 5) is 17.5. The molecule has 2 aliphatic heterocycles. The molecule has 0 aliphatic carbocycles. The van der Waals surface area contributed by atoms with Gasteiger partial charge in [-0.25, -0.2) is 12.8 Å². The highest BCUT2D eigenvalue weighted by molar-refractivity contribution is 7.89. The summed E-state index contributed by atoms with van der Waals surface area (Å²) in [5.41, 5.74) is 2.48. The number of sulfonamides is 1. The molecule has 0 radical (unpaired) electrons. The quantitative estimate of drug-likeness (QED) is 0.724. The molecule has 1 fully saturated rings. The predicted octanol–water partition coefficient (Wildman–Crippen LogP) is 2.60. The van der Waals surface area contributed by atoms with Crippen LogP contribution in [-0.2, 0) is 21.2 Å². The first-order valence-corrected chi connectivity index (χ1v) is 11.6. The van der Waals surface area contributed by atoms with Crippen LogP contribution in [0, 0.1) is 5.82 Å². The second-order valence-electron chi connectivity index (χ2n) is 7.61. The van der Waals surface area contributed by atoms with Gasteiger partial charge in [-0.3, -0.25) is 9.78 Å². The van der Waals surface area contributed by atoms with Gasteiger partial charge in [0.1, 0.15) is 17.7 Å². The maximum absolute atomic E-state index is 14.8. The van der Waals surface area contributed by atoms with E-state index in [1.165, 1.54) is 15.3 Å². The van der Waals surface area contributed by atoms with Crippen LogP contribution in [0.5, 0.6) is 5.75 Å². The van der Waals surface area contributed by atoms with E-state index in [9.17, 15) is 17.6 Å². The molecule has 0 N–H and O–H groups in total. The van der Waals surface area contributed by atoms with Crippen LogP contribution in [0.2, 0.25) is 0 Å². The average Bonchev–Trinajstić information content (AvgIpc) is 3.20. The molecule has 0 bridgehead atoms. The van der Waals surface area contributed by atoms with Gasteiger partial charge >= 0.3 is 0 Å². The molecule has 2 aliphatic rings. The first-order chi connectivity index (χ1) is 14.3. The standard InChI is InChI=1S/C21H24FN3O4S/c1-3-30(27,28)25-7-6-16(13-25)29-17-8-15(11-23-12-17)18-9-14-4-5-21(26)24(2)20(14)10-19(18)22/h8-12,16H,3-7,13H2,1-2H3/t16-/m1/s1. The maximum Gasteiger partial charge on any atom is 0.227 e. The molecule has 160 valence electrons. The van der Waals surface area contributed by atoms with Crippen molar-refractivity contribution in [3.05, 3.63) is 42.0 Å². The van der Waals surface area contributed by atoms with E-state index < -0.39 is 15.8 Å². The van der Waals surface area contributed by atoms with E-state index in [0.717, 1.165) is 5.56 Å². The van der Waals surface area contributed by atoms with E-state index in [4.69, 9.17) is 4.74 Å². The fourth-order valence-corrected chi connectivity index (χ4v) is 5.08. The normalized spacial score (nSPS) is 19.8. The number of hydrogen-bond acceptors (Lipinski definition) is 5. The van der Waals surface area contributed by atoms with Crippen LogP contribution < -0.4 is 9.64 Å². The Kier molecular flexibility index (Phi) is 5.50. The second-order valence-corrected chi connectivity index (χ2v) is 9.87. The number of carbonyl (C=O) groups is 1. The van der Waals surface area contributed by atoms with Gasteiger partial charge < -0.3 is 9.64 Å². The van der Waals surface area contributed by atoms with Crippen molar-refractivity contribution in [2.75, 3.05) is 30.8 Å². The van der Waals surface area contributed by atoms with Crippen molar-refractivity contribution in [1.29, 1.82) is 0 Å². The van der Waals surface area contributed by atoms with Crippen molar-refractivity contribution < 1.29 is 22.3 Å². The monoisotopic (exact) mass is 433 g/mol. The molecule has 1 aromatic carbocycles. The zero-order chi connectivity index (χ0) is 21.5. The highest BCUT2D eigenvalue weighted by atomic mass is 32.2.